The molecule has 1 unspecified atom stereocenters. The van der Waals surface area contributed by atoms with Crippen molar-refractivity contribution in [2.45, 2.75) is 69.7 Å². The molecule has 1 aliphatic heterocycles. The number of hydrogen-bond donors (Lipinski definition) is 0. The van der Waals surface area contributed by atoms with Crippen molar-refractivity contribution in [2.75, 3.05) is 13.2 Å². The van der Waals surface area contributed by atoms with Gasteiger partial charge in [-0.25, -0.2) is 0 Å². The lowest BCUT2D eigenvalue weighted by molar-refractivity contribution is -0.185. The molecule has 0 aromatic heterocycles. The van der Waals surface area contributed by atoms with E-state index >= 15 is 0 Å². The van der Waals surface area contributed by atoms with E-state index in [2.05, 4.69) is 0 Å². The molecule has 1 aromatic rings. The highest BCUT2D eigenvalue weighted by Gasteiger charge is 2.17. The fourth-order valence-corrected chi connectivity index (χ4v) is 3.56. The second-order valence-electron chi connectivity index (χ2n) is 6.33. The molecule has 1 saturated heterocycles. The second-order valence-corrected chi connectivity index (χ2v) is 7.94. The number of hydrogen-bond acceptors (Lipinski definition) is 5. The van der Waals surface area contributed by atoms with E-state index in [4.69, 9.17) is 13.7 Å². The van der Waals surface area contributed by atoms with Crippen LogP contribution < -0.4 is 0 Å². The van der Waals surface area contributed by atoms with Gasteiger partial charge in [0.05, 0.1) is 17.6 Å². The maximum atomic E-state index is 12.0. The molecule has 24 heavy (non-hydrogen) atoms. The van der Waals surface area contributed by atoms with Crippen LogP contribution in [0.3, 0.4) is 0 Å². The van der Waals surface area contributed by atoms with Crippen molar-refractivity contribution < 1.29 is 22.1 Å². The maximum Gasteiger partial charge on any atom is 0.296 e. The highest BCUT2D eigenvalue weighted by molar-refractivity contribution is 7.86. The first-order chi connectivity index (χ1) is 11.5. The molecule has 1 fully saturated rings. The zero-order chi connectivity index (χ0) is 17.4. The van der Waals surface area contributed by atoms with E-state index in [0.29, 0.717) is 6.42 Å². The Bertz CT molecular complexity index is 576. The summed E-state index contributed by atoms with van der Waals surface area (Å²) in [6, 6.07) is 6.68. The van der Waals surface area contributed by atoms with Gasteiger partial charge >= 0.3 is 0 Å². The Morgan fingerprint density at radius 3 is 2.62 bits per heavy atom. The van der Waals surface area contributed by atoms with Crippen LogP contribution in [0.25, 0.3) is 0 Å². The minimum atomic E-state index is -3.65. The van der Waals surface area contributed by atoms with Gasteiger partial charge in [0.2, 0.25) is 0 Å². The fourth-order valence-electron chi connectivity index (χ4n) is 2.62. The molecule has 1 heterocycles. The predicted octanol–water partition coefficient (Wildman–Crippen LogP) is 3.80. The first-order valence-electron chi connectivity index (χ1n) is 8.70. The molecule has 0 spiro atoms. The summed E-state index contributed by atoms with van der Waals surface area (Å²) < 4.78 is 40.6. The lowest BCUT2D eigenvalue weighted by atomic mass is 10.1. The summed E-state index contributed by atoms with van der Waals surface area (Å²) in [6.45, 7) is 4.92. The first-order valence-corrected chi connectivity index (χ1v) is 10.1. The van der Waals surface area contributed by atoms with E-state index in [1.54, 1.807) is 24.3 Å². The summed E-state index contributed by atoms with van der Waals surface area (Å²) in [4.78, 5) is 0.208. The minimum absolute atomic E-state index is 0.0769. The van der Waals surface area contributed by atoms with Crippen LogP contribution in [0.5, 0.6) is 0 Å². The van der Waals surface area contributed by atoms with E-state index in [1.165, 1.54) is 0 Å². The molecule has 0 aliphatic carbocycles. The molecule has 136 valence electrons. The van der Waals surface area contributed by atoms with Gasteiger partial charge in [-0.15, -0.1) is 0 Å². The van der Waals surface area contributed by atoms with Crippen molar-refractivity contribution in [1.29, 1.82) is 0 Å². The number of benzene rings is 1. The molecule has 0 N–H and O–H groups in total. The van der Waals surface area contributed by atoms with Crippen molar-refractivity contribution in [2.24, 2.45) is 0 Å². The molecule has 0 amide bonds. The molecule has 0 bridgehead atoms. The van der Waals surface area contributed by atoms with E-state index in [1.807, 2.05) is 13.8 Å². The Kier molecular flexibility index (Phi) is 7.68. The summed E-state index contributed by atoms with van der Waals surface area (Å²) in [5, 5.41) is 0. The van der Waals surface area contributed by atoms with Gasteiger partial charge in [0, 0.05) is 6.61 Å². The summed E-state index contributed by atoms with van der Waals surface area (Å²) in [7, 11) is -3.65. The molecular formula is C18H28O5S. The second kappa shape index (κ2) is 9.51. The Morgan fingerprint density at radius 2 is 1.96 bits per heavy atom. The van der Waals surface area contributed by atoms with Crippen LogP contribution in [0.2, 0.25) is 0 Å². The topological polar surface area (TPSA) is 61.8 Å². The van der Waals surface area contributed by atoms with Crippen LogP contribution in [-0.4, -0.2) is 34.0 Å². The summed E-state index contributed by atoms with van der Waals surface area (Å²) in [5.41, 5.74) is 1.02. The van der Waals surface area contributed by atoms with E-state index < -0.39 is 10.1 Å². The Balaban J connectivity index is 1.62. The number of aryl methyl sites for hydroxylation is 1. The number of unbranched alkanes of at least 4 members (excludes halogenated alkanes) is 1. The van der Waals surface area contributed by atoms with Crippen molar-refractivity contribution >= 4 is 10.1 Å². The summed E-state index contributed by atoms with van der Waals surface area (Å²) in [5.74, 6) is 0. The third-order valence-electron chi connectivity index (χ3n) is 4.08. The van der Waals surface area contributed by atoms with Gasteiger partial charge in [0.15, 0.2) is 6.29 Å². The van der Waals surface area contributed by atoms with Crippen molar-refractivity contribution in [3.05, 3.63) is 29.8 Å². The largest absolute Gasteiger partial charge is 0.353 e. The minimum Gasteiger partial charge on any atom is -0.353 e. The third kappa shape index (κ3) is 6.51. The SMILES string of the molecule is Cc1ccc(S(=O)(=O)OCCCC[C@@H](C)OC2CCCCO2)cc1. The lowest BCUT2D eigenvalue weighted by Crippen LogP contribution is -2.26. The zero-order valence-electron chi connectivity index (χ0n) is 14.6. The van der Waals surface area contributed by atoms with E-state index in [0.717, 1.165) is 44.3 Å². The van der Waals surface area contributed by atoms with Crippen LogP contribution in [0.1, 0.15) is 51.0 Å². The van der Waals surface area contributed by atoms with Crippen LogP contribution in [0, 0.1) is 6.92 Å². The molecule has 6 heteroatoms. The normalized spacial score (nSPS) is 20.0. The van der Waals surface area contributed by atoms with Gasteiger partial charge in [-0.05, 0) is 64.5 Å². The molecular weight excluding hydrogens is 328 g/mol. The highest BCUT2D eigenvalue weighted by atomic mass is 32.2. The number of ether oxygens (including phenoxy) is 2. The Labute approximate surface area is 145 Å². The summed E-state index contributed by atoms with van der Waals surface area (Å²) in [6.07, 6.45) is 5.68. The highest BCUT2D eigenvalue weighted by Crippen LogP contribution is 2.18. The first kappa shape index (κ1) is 19.4. The van der Waals surface area contributed by atoms with Crippen LogP contribution in [0.15, 0.2) is 29.2 Å². The molecule has 2 atom stereocenters. The third-order valence-corrected chi connectivity index (χ3v) is 5.40. The lowest BCUT2D eigenvalue weighted by Gasteiger charge is -2.26. The molecule has 0 saturated carbocycles. The van der Waals surface area contributed by atoms with E-state index in [9.17, 15) is 8.42 Å². The predicted molar refractivity (Wildman–Crippen MR) is 92.3 cm³/mol. The summed E-state index contributed by atoms with van der Waals surface area (Å²) >= 11 is 0. The molecule has 5 nitrogen and oxygen atoms in total. The van der Waals surface area contributed by atoms with Crippen molar-refractivity contribution in [3.8, 4) is 0 Å². The quantitative estimate of drug-likeness (QED) is 0.497. The van der Waals surface area contributed by atoms with Crippen LogP contribution in [0.4, 0.5) is 0 Å². The van der Waals surface area contributed by atoms with Gasteiger partial charge in [-0.3, -0.25) is 4.18 Å². The fraction of sp³-hybridized carbons (Fsp3) is 0.667. The van der Waals surface area contributed by atoms with E-state index in [-0.39, 0.29) is 23.9 Å². The van der Waals surface area contributed by atoms with Gasteiger partial charge in [0.1, 0.15) is 0 Å². The van der Waals surface area contributed by atoms with Crippen LogP contribution >= 0.6 is 0 Å². The average Bonchev–Trinajstić information content (AvgIpc) is 2.56. The van der Waals surface area contributed by atoms with Gasteiger partial charge in [0.25, 0.3) is 10.1 Å². The standard InChI is InChI=1S/C18H28O5S/c1-15-9-11-17(12-10-15)24(19,20)22-14-6-3-7-16(2)23-18-8-4-5-13-21-18/h9-12,16,18H,3-8,13-14H2,1-2H3/t16-,18?/m1/s1. The number of rotatable bonds is 9. The Morgan fingerprint density at radius 1 is 1.21 bits per heavy atom. The smallest absolute Gasteiger partial charge is 0.296 e. The average molecular weight is 356 g/mol. The van der Waals surface area contributed by atoms with Crippen molar-refractivity contribution in [3.63, 3.8) is 0 Å². The van der Waals surface area contributed by atoms with Crippen LogP contribution in [-0.2, 0) is 23.8 Å². The zero-order valence-corrected chi connectivity index (χ0v) is 15.4. The molecule has 1 aromatic carbocycles. The maximum absolute atomic E-state index is 12.0. The van der Waals surface area contributed by atoms with Gasteiger partial charge < -0.3 is 9.47 Å². The van der Waals surface area contributed by atoms with Gasteiger partial charge in [-0.1, -0.05) is 17.7 Å². The molecule has 1 aliphatic rings. The van der Waals surface area contributed by atoms with Crippen molar-refractivity contribution in [1.82, 2.24) is 0 Å². The molecule has 0 radical (unpaired) electrons. The Hall–Kier alpha value is -0.950. The molecule has 2 rings (SSSR count). The van der Waals surface area contributed by atoms with Gasteiger partial charge in [-0.2, -0.15) is 8.42 Å². The monoisotopic (exact) mass is 356 g/mol.